The van der Waals surface area contributed by atoms with Crippen LogP contribution in [0.1, 0.15) is 15.9 Å². The third-order valence-corrected chi connectivity index (χ3v) is 2.64. The van der Waals surface area contributed by atoms with Gasteiger partial charge < -0.3 is 9.72 Å². The van der Waals surface area contributed by atoms with E-state index in [1.165, 1.54) is 7.11 Å². The van der Waals surface area contributed by atoms with Gasteiger partial charge in [0.15, 0.2) is 0 Å². The molecule has 0 saturated heterocycles. The van der Waals surface area contributed by atoms with Gasteiger partial charge in [-0.2, -0.15) is 13.2 Å². The maximum absolute atomic E-state index is 12.7. The summed E-state index contributed by atoms with van der Waals surface area (Å²) in [7, 11) is 1.18. The molecule has 0 aliphatic rings. The number of ether oxygens (including phenoxy) is 1. The molecule has 2 aromatic rings. The number of carbonyl (C=O) groups is 1. The summed E-state index contributed by atoms with van der Waals surface area (Å²) in [5.41, 5.74) is -0.152. The van der Waals surface area contributed by atoms with Crippen LogP contribution in [0.25, 0.3) is 11.3 Å². The van der Waals surface area contributed by atoms with E-state index in [1.54, 1.807) is 18.3 Å². The molecule has 1 aromatic carbocycles. The Bertz CT molecular complexity index is 588. The van der Waals surface area contributed by atoms with E-state index >= 15 is 0 Å². The fourth-order valence-corrected chi connectivity index (χ4v) is 1.73. The molecule has 100 valence electrons. The van der Waals surface area contributed by atoms with Crippen molar-refractivity contribution in [2.75, 3.05) is 7.11 Å². The molecule has 0 bridgehead atoms. The maximum Gasteiger partial charge on any atom is 0.416 e. The van der Waals surface area contributed by atoms with Crippen molar-refractivity contribution in [1.82, 2.24) is 4.98 Å². The number of carbonyl (C=O) groups excluding carboxylic acids is 1. The van der Waals surface area contributed by atoms with Crippen LogP contribution in [0.4, 0.5) is 13.2 Å². The predicted molar refractivity (Wildman–Crippen MR) is 62.6 cm³/mol. The minimum atomic E-state index is -4.46. The van der Waals surface area contributed by atoms with Crippen molar-refractivity contribution >= 4 is 5.97 Å². The smallest absolute Gasteiger partial charge is 0.416 e. The van der Waals surface area contributed by atoms with E-state index in [0.717, 1.165) is 18.2 Å². The molecule has 0 atom stereocenters. The first-order valence-electron chi connectivity index (χ1n) is 5.37. The third-order valence-electron chi connectivity index (χ3n) is 2.64. The average molecular weight is 269 g/mol. The van der Waals surface area contributed by atoms with Gasteiger partial charge in [0.2, 0.25) is 0 Å². The van der Waals surface area contributed by atoms with E-state index in [9.17, 15) is 18.0 Å². The lowest BCUT2D eigenvalue weighted by molar-refractivity contribution is -0.137. The zero-order chi connectivity index (χ0) is 14.0. The molecule has 2 rings (SSSR count). The lowest BCUT2D eigenvalue weighted by atomic mass is 10.0. The van der Waals surface area contributed by atoms with Crippen molar-refractivity contribution in [1.29, 1.82) is 0 Å². The molecule has 0 aliphatic carbocycles. The maximum atomic E-state index is 12.7. The van der Waals surface area contributed by atoms with Crippen molar-refractivity contribution in [2.24, 2.45) is 0 Å². The summed E-state index contributed by atoms with van der Waals surface area (Å²) in [6, 6.07) is 6.13. The van der Waals surface area contributed by atoms with Crippen LogP contribution in [0.5, 0.6) is 0 Å². The van der Waals surface area contributed by atoms with E-state index in [4.69, 9.17) is 0 Å². The first kappa shape index (κ1) is 13.2. The number of methoxy groups -OCH3 is 1. The van der Waals surface area contributed by atoms with Gasteiger partial charge in [0.05, 0.1) is 18.2 Å². The minimum Gasteiger partial charge on any atom is -0.465 e. The topological polar surface area (TPSA) is 42.1 Å². The number of benzene rings is 1. The Kier molecular flexibility index (Phi) is 3.33. The number of esters is 1. The molecule has 0 unspecified atom stereocenters. The second kappa shape index (κ2) is 4.79. The van der Waals surface area contributed by atoms with E-state index < -0.39 is 17.7 Å². The fraction of sp³-hybridized carbons (Fsp3) is 0.154. The van der Waals surface area contributed by atoms with Crippen LogP contribution in [-0.4, -0.2) is 18.1 Å². The highest BCUT2D eigenvalue weighted by Gasteiger charge is 2.31. The van der Waals surface area contributed by atoms with Crippen LogP contribution in [-0.2, 0) is 10.9 Å². The predicted octanol–water partition coefficient (Wildman–Crippen LogP) is 3.49. The van der Waals surface area contributed by atoms with Crippen molar-refractivity contribution < 1.29 is 22.7 Å². The molecule has 6 heteroatoms. The molecule has 0 radical (unpaired) electrons. The summed E-state index contributed by atoms with van der Waals surface area (Å²) >= 11 is 0. The fourth-order valence-electron chi connectivity index (χ4n) is 1.73. The minimum absolute atomic E-state index is 0.0814. The van der Waals surface area contributed by atoms with Gasteiger partial charge >= 0.3 is 12.1 Å². The van der Waals surface area contributed by atoms with Crippen LogP contribution in [0.15, 0.2) is 36.5 Å². The molecule has 0 aliphatic heterocycles. The second-order valence-corrected chi connectivity index (χ2v) is 3.83. The molecule has 1 aromatic heterocycles. The Hall–Kier alpha value is -2.24. The zero-order valence-electron chi connectivity index (χ0n) is 9.91. The van der Waals surface area contributed by atoms with Crippen molar-refractivity contribution in [3.8, 4) is 11.3 Å². The largest absolute Gasteiger partial charge is 0.465 e. The van der Waals surface area contributed by atoms with Crippen LogP contribution >= 0.6 is 0 Å². The van der Waals surface area contributed by atoms with Gasteiger partial charge in [-0.15, -0.1) is 0 Å². The molecule has 1 N–H and O–H groups in total. The lowest BCUT2D eigenvalue weighted by Crippen LogP contribution is -2.09. The molecule has 1 heterocycles. The van der Waals surface area contributed by atoms with Crippen LogP contribution < -0.4 is 0 Å². The number of H-pyrrole nitrogens is 1. The molecule has 0 amide bonds. The zero-order valence-corrected chi connectivity index (χ0v) is 9.91. The van der Waals surface area contributed by atoms with Gasteiger partial charge in [-0.3, -0.25) is 0 Å². The highest BCUT2D eigenvalue weighted by Crippen LogP contribution is 2.33. The number of nitrogens with one attached hydrogen (secondary N) is 1. The number of hydrogen-bond donors (Lipinski definition) is 1. The van der Waals surface area contributed by atoms with Crippen LogP contribution in [0.2, 0.25) is 0 Å². The van der Waals surface area contributed by atoms with Crippen molar-refractivity contribution in [3.63, 3.8) is 0 Å². The summed E-state index contributed by atoms with van der Waals surface area (Å²) in [4.78, 5) is 14.3. The number of halogens is 3. The Morgan fingerprint density at radius 1 is 1.26 bits per heavy atom. The Morgan fingerprint density at radius 2 is 2.00 bits per heavy atom. The molecule has 0 spiro atoms. The van der Waals surface area contributed by atoms with Gasteiger partial charge in [0.1, 0.15) is 0 Å². The standard InChI is InChI=1S/C13H10F3NO2/c1-19-12(18)9-5-4-8(13(14,15)16)7-10(9)11-3-2-6-17-11/h2-7,17H,1H3. The lowest BCUT2D eigenvalue weighted by Gasteiger charge is -2.11. The number of aromatic amines is 1. The van der Waals surface area contributed by atoms with Crippen molar-refractivity contribution in [3.05, 3.63) is 47.7 Å². The molecule has 3 nitrogen and oxygen atoms in total. The van der Waals surface area contributed by atoms with E-state index in [1.807, 2.05) is 0 Å². The number of hydrogen-bond acceptors (Lipinski definition) is 2. The highest BCUT2D eigenvalue weighted by molar-refractivity contribution is 5.96. The molecule has 19 heavy (non-hydrogen) atoms. The summed E-state index contributed by atoms with van der Waals surface area (Å²) in [5.74, 6) is -0.682. The number of alkyl halides is 3. The Morgan fingerprint density at radius 3 is 2.53 bits per heavy atom. The van der Waals surface area contributed by atoms with Gasteiger partial charge in [-0.1, -0.05) is 0 Å². The molecular weight excluding hydrogens is 259 g/mol. The summed E-state index contributed by atoms with van der Waals surface area (Å²) in [5, 5.41) is 0. The second-order valence-electron chi connectivity index (χ2n) is 3.83. The third kappa shape index (κ3) is 2.62. The summed E-state index contributed by atoms with van der Waals surface area (Å²) < 4.78 is 42.7. The van der Waals surface area contributed by atoms with E-state index in [0.29, 0.717) is 5.69 Å². The molecule has 0 fully saturated rings. The number of aromatic nitrogens is 1. The van der Waals surface area contributed by atoms with Crippen LogP contribution in [0, 0.1) is 0 Å². The van der Waals surface area contributed by atoms with Gasteiger partial charge in [-0.25, -0.2) is 4.79 Å². The highest BCUT2D eigenvalue weighted by atomic mass is 19.4. The normalized spacial score (nSPS) is 11.4. The Labute approximate surface area is 107 Å². The van der Waals surface area contributed by atoms with E-state index in [2.05, 4.69) is 9.72 Å². The Balaban J connectivity index is 2.61. The first-order valence-corrected chi connectivity index (χ1v) is 5.37. The van der Waals surface area contributed by atoms with Gasteiger partial charge in [0, 0.05) is 17.5 Å². The first-order chi connectivity index (χ1) is 8.93. The SMILES string of the molecule is COC(=O)c1ccc(C(F)(F)F)cc1-c1ccc[nH]1. The molecular formula is C13H10F3NO2. The van der Waals surface area contributed by atoms with Crippen molar-refractivity contribution in [2.45, 2.75) is 6.18 Å². The number of rotatable bonds is 2. The molecule has 0 saturated carbocycles. The van der Waals surface area contributed by atoms with Gasteiger partial charge in [0.25, 0.3) is 0 Å². The van der Waals surface area contributed by atoms with Crippen LogP contribution in [0.3, 0.4) is 0 Å². The van der Waals surface area contributed by atoms with Gasteiger partial charge in [-0.05, 0) is 30.3 Å². The monoisotopic (exact) mass is 269 g/mol. The summed E-state index contributed by atoms with van der Waals surface area (Å²) in [6.07, 6.45) is -2.90. The summed E-state index contributed by atoms with van der Waals surface area (Å²) in [6.45, 7) is 0. The average Bonchev–Trinajstić information content (AvgIpc) is 2.89. The van der Waals surface area contributed by atoms with E-state index in [-0.39, 0.29) is 11.1 Å². The quantitative estimate of drug-likeness (QED) is 0.848.